The summed E-state index contributed by atoms with van der Waals surface area (Å²) in [6.07, 6.45) is 5.67. The van der Waals surface area contributed by atoms with E-state index in [1.165, 1.54) is 16.5 Å². The van der Waals surface area contributed by atoms with Gasteiger partial charge in [0.05, 0.1) is 23.9 Å². The summed E-state index contributed by atoms with van der Waals surface area (Å²) in [7, 11) is 0. The maximum absolute atomic E-state index is 5.65. The summed E-state index contributed by atoms with van der Waals surface area (Å²) in [6.45, 7) is 3.87. The molecule has 0 bridgehead atoms. The molecule has 2 N–H and O–H groups in total. The number of rotatable bonds is 3. The van der Waals surface area contributed by atoms with Gasteiger partial charge in [0.25, 0.3) is 0 Å². The van der Waals surface area contributed by atoms with Gasteiger partial charge >= 0.3 is 0 Å². The summed E-state index contributed by atoms with van der Waals surface area (Å²) >= 11 is 0. The Morgan fingerprint density at radius 1 is 1.22 bits per heavy atom. The van der Waals surface area contributed by atoms with E-state index in [1.54, 1.807) is 6.20 Å². The van der Waals surface area contributed by atoms with Crippen LogP contribution in [0, 0.1) is 6.92 Å². The van der Waals surface area contributed by atoms with Crippen molar-refractivity contribution in [1.82, 2.24) is 14.3 Å². The third kappa shape index (κ3) is 1.86. The zero-order valence-corrected chi connectivity index (χ0v) is 10.4. The molecular weight excluding hydrogens is 224 g/mol. The average molecular weight is 240 g/mol. The van der Waals surface area contributed by atoms with Gasteiger partial charge in [-0.1, -0.05) is 18.2 Å². The van der Waals surface area contributed by atoms with Crippen LogP contribution < -0.4 is 5.73 Å². The zero-order chi connectivity index (χ0) is 12.5. The number of hydrogen-bond acceptors (Lipinski definition) is 2. The first-order chi connectivity index (χ1) is 8.74. The van der Waals surface area contributed by atoms with Gasteiger partial charge in [0.1, 0.15) is 0 Å². The average Bonchev–Trinajstić information content (AvgIpc) is 2.94. The van der Waals surface area contributed by atoms with Crippen molar-refractivity contribution in [2.45, 2.75) is 20.0 Å². The van der Waals surface area contributed by atoms with Gasteiger partial charge in [-0.3, -0.25) is 4.68 Å². The molecule has 3 rings (SSSR count). The van der Waals surface area contributed by atoms with Crippen LogP contribution in [-0.2, 0) is 13.1 Å². The first kappa shape index (κ1) is 10.9. The molecule has 3 aromatic rings. The van der Waals surface area contributed by atoms with E-state index in [-0.39, 0.29) is 0 Å². The fourth-order valence-electron chi connectivity index (χ4n) is 2.35. The minimum atomic E-state index is 0.712. The standard InChI is InChI=1S/C14H16N4/c1-11-3-2-4-12-5-6-17(14(11)12)7-8-18-10-13(15)9-16-18/h2-6,9-10H,7-8,15H2,1H3. The lowest BCUT2D eigenvalue weighted by Gasteiger charge is -2.07. The normalized spacial score (nSPS) is 11.2. The molecule has 2 aromatic heterocycles. The van der Waals surface area contributed by atoms with E-state index >= 15 is 0 Å². The highest BCUT2D eigenvalue weighted by Gasteiger charge is 2.03. The fraction of sp³-hybridized carbons (Fsp3) is 0.214. The van der Waals surface area contributed by atoms with E-state index in [4.69, 9.17) is 5.73 Å². The molecule has 0 saturated carbocycles. The quantitative estimate of drug-likeness (QED) is 0.764. The van der Waals surface area contributed by atoms with Crippen LogP contribution in [0.2, 0.25) is 0 Å². The number of nitrogen functional groups attached to an aromatic ring is 1. The number of benzene rings is 1. The smallest absolute Gasteiger partial charge is 0.0719 e. The van der Waals surface area contributed by atoms with Crippen LogP contribution >= 0.6 is 0 Å². The van der Waals surface area contributed by atoms with Gasteiger partial charge < -0.3 is 10.3 Å². The van der Waals surface area contributed by atoms with E-state index in [1.807, 2.05) is 10.9 Å². The van der Waals surface area contributed by atoms with E-state index in [0.29, 0.717) is 5.69 Å². The van der Waals surface area contributed by atoms with Crippen molar-refractivity contribution >= 4 is 16.6 Å². The number of nitrogens with two attached hydrogens (primary N) is 1. The molecular formula is C14H16N4. The lowest BCUT2D eigenvalue weighted by atomic mass is 10.2. The number of aromatic nitrogens is 3. The lowest BCUT2D eigenvalue weighted by Crippen LogP contribution is -2.07. The van der Waals surface area contributed by atoms with E-state index < -0.39 is 0 Å². The monoisotopic (exact) mass is 240 g/mol. The second kappa shape index (κ2) is 4.22. The van der Waals surface area contributed by atoms with Gasteiger partial charge in [0.15, 0.2) is 0 Å². The molecule has 0 saturated heterocycles. The van der Waals surface area contributed by atoms with Gasteiger partial charge in [-0.15, -0.1) is 0 Å². The SMILES string of the molecule is Cc1cccc2ccn(CCn3cc(N)cn3)c12. The molecule has 4 nitrogen and oxygen atoms in total. The Bertz CT molecular complexity index is 678. The number of hydrogen-bond donors (Lipinski definition) is 1. The van der Waals surface area contributed by atoms with E-state index in [9.17, 15) is 0 Å². The molecule has 2 heterocycles. The van der Waals surface area contributed by atoms with Gasteiger partial charge in [0, 0.05) is 18.9 Å². The fourth-order valence-corrected chi connectivity index (χ4v) is 2.35. The first-order valence-corrected chi connectivity index (χ1v) is 6.06. The first-order valence-electron chi connectivity index (χ1n) is 6.06. The zero-order valence-electron chi connectivity index (χ0n) is 10.4. The summed E-state index contributed by atoms with van der Waals surface area (Å²) in [6, 6.07) is 8.53. The predicted octanol–water partition coefficient (Wildman–Crippen LogP) is 2.43. The summed E-state index contributed by atoms with van der Waals surface area (Å²) in [5.74, 6) is 0. The Kier molecular flexibility index (Phi) is 2.55. The second-order valence-corrected chi connectivity index (χ2v) is 4.56. The third-order valence-electron chi connectivity index (χ3n) is 3.21. The van der Waals surface area contributed by atoms with Crippen molar-refractivity contribution in [2.75, 3.05) is 5.73 Å². The van der Waals surface area contributed by atoms with Crippen LogP contribution in [-0.4, -0.2) is 14.3 Å². The molecule has 0 spiro atoms. The van der Waals surface area contributed by atoms with E-state index in [0.717, 1.165) is 13.1 Å². The Morgan fingerprint density at radius 2 is 2.11 bits per heavy atom. The topological polar surface area (TPSA) is 48.8 Å². The minimum Gasteiger partial charge on any atom is -0.396 e. The molecule has 0 aliphatic carbocycles. The van der Waals surface area contributed by atoms with Crippen LogP contribution in [0.3, 0.4) is 0 Å². The maximum atomic E-state index is 5.65. The number of aryl methyl sites for hydroxylation is 3. The van der Waals surface area contributed by atoms with Crippen molar-refractivity contribution in [3.05, 3.63) is 48.4 Å². The number of nitrogens with zero attached hydrogens (tertiary/aromatic N) is 3. The second-order valence-electron chi connectivity index (χ2n) is 4.56. The van der Waals surface area contributed by atoms with Crippen LogP contribution in [0.5, 0.6) is 0 Å². The van der Waals surface area contributed by atoms with Crippen LogP contribution in [0.15, 0.2) is 42.9 Å². The van der Waals surface area contributed by atoms with E-state index in [2.05, 4.69) is 47.1 Å². The Hall–Kier alpha value is -2.23. The van der Waals surface area contributed by atoms with Crippen LogP contribution in [0.25, 0.3) is 10.9 Å². The highest BCUT2D eigenvalue weighted by atomic mass is 15.3. The largest absolute Gasteiger partial charge is 0.396 e. The predicted molar refractivity (Wildman–Crippen MR) is 73.3 cm³/mol. The lowest BCUT2D eigenvalue weighted by molar-refractivity contribution is 0.542. The Labute approximate surface area is 106 Å². The van der Waals surface area contributed by atoms with Gasteiger partial charge in [-0.05, 0) is 23.9 Å². The van der Waals surface area contributed by atoms with Crippen molar-refractivity contribution < 1.29 is 0 Å². The van der Waals surface area contributed by atoms with Crippen molar-refractivity contribution in [1.29, 1.82) is 0 Å². The molecule has 0 aliphatic rings. The van der Waals surface area contributed by atoms with Crippen molar-refractivity contribution in [3.63, 3.8) is 0 Å². The molecule has 4 heteroatoms. The Balaban J connectivity index is 1.87. The number of fused-ring (bicyclic) bond motifs is 1. The molecule has 18 heavy (non-hydrogen) atoms. The molecule has 0 amide bonds. The molecule has 1 aromatic carbocycles. The summed E-state index contributed by atoms with van der Waals surface area (Å²) in [4.78, 5) is 0. The minimum absolute atomic E-state index is 0.712. The Morgan fingerprint density at radius 3 is 2.89 bits per heavy atom. The molecule has 92 valence electrons. The van der Waals surface area contributed by atoms with Gasteiger partial charge in [-0.25, -0.2) is 0 Å². The van der Waals surface area contributed by atoms with Gasteiger partial charge in [-0.2, -0.15) is 5.10 Å². The summed E-state index contributed by atoms with van der Waals surface area (Å²) in [5, 5.41) is 5.48. The molecule has 0 atom stereocenters. The molecule has 0 fully saturated rings. The number of para-hydroxylation sites is 1. The van der Waals surface area contributed by atoms with Crippen molar-refractivity contribution in [2.24, 2.45) is 0 Å². The highest BCUT2D eigenvalue weighted by molar-refractivity contribution is 5.83. The summed E-state index contributed by atoms with van der Waals surface area (Å²) < 4.78 is 4.14. The number of anilines is 1. The summed E-state index contributed by atoms with van der Waals surface area (Å²) in [5.41, 5.74) is 8.97. The van der Waals surface area contributed by atoms with Gasteiger partial charge in [0.2, 0.25) is 0 Å². The van der Waals surface area contributed by atoms with Crippen LogP contribution in [0.4, 0.5) is 5.69 Å². The highest BCUT2D eigenvalue weighted by Crippen LogP contribution is 2.19. The van der Waals surface area contributed by atoms with Crippen LogP contribution in [0.1, 0.15) is 5.56 Å². The maximum Gasteiger partial charge on any atom is 0.0719 e. The molecule has 0 radical (unpaired) electrons. The van der Waals surface area contributed by atoms with Crippen molar-refractivity contribution in [3.8, 4) is 0 Å². The third-order valence-corrected chi connectivity index (χ3v) is 3.21. The molecule has 0 unspecified atom stereocenters. The molecule has 0 aliphatic heterocycles.